The van der Waals surface area contributed by atoms with Crippen LogP contribution in [0.4, 0.5) is 11.6 Å². The lowest BCUT2D eigenvalue weighted by Crippen LogP contribution is -2.26. The number of aromatic nitrogens is 2. The number of anilines is 2. The van der Waals surface area contributed by atoms with Gasteiger partial charge in [-0.3, -0.25) is 0 Å². The van der Waals surface area contributed by atoms with Gasteiger partial charge in [-0.15, -0.1) is 0 Å². The summed E-state index contributed by atoms with van der Waals surface area (Å²) >= 11 is 3.75. The van der Waals surface area contributed by atoms with Crippen LogP contribution < -0.4 is 15.4 Å². The number of halogens is 1. The van der Waals surface area contributed by atoms with Gasteiger partial charge in [-0.1, -0.05) is 42.6 Å². The molecule has 3 rings (SSSR count). The smallest absolute Gasteiger partial charge is 0.201 e. The number of imidazole rings is 1. The Balaban J connectivity index is 2.22. The van der Waals surface area contributed by atoms with Crippen LogP contribution in [-0.4, -0.2) is 29.8 Å². The van der Waals surface area contributed by atoms with Crippen molar-refractivity contribution >= 4 is 38.6 Å². The van der Waals surface area contributed by atoms with Crippen LogP contribution in [-0.2, 0) is 7.05 Å². The normalized spacial score (nSPS) is 11.3. The van der Waals surface area contributed by atoms with E-state index in [1.165, 1.54) is 31.4 Å². The Bertz CT molecular complexity index is 997. The van der Waals surface area contributed by atoms with E-state index in [0.717, 1.165) is 51.0 Å². The number of nitrogen functional groups attached to an aromatic ring is 1. The summed E-state index contributed by atoms with van der Waals surface area (Å²) in [5.74, 6) is 1.37. The predicted octanol–water partition coefficient (Wildman–Crippen LogP) is 6.31. The summed E-state index contributed by atoms with van der Waals surface area (Å²) < 4.78 is 8.44. The Hall–Kier alpha value is -2.21. The maximum Gasteiger partial charge on any atom is 0.201 e. The monoisotopic (exact) mass is 472 g/mol. The Morgan fingerprint density at radius 1 is 1.13 bits per heavy atom. The molecule has 0 fully saturated rings. The average molecular weight is 473 g/mol. The molecule has 0 aliphatic heterocycles. The van der Waals surface area contributed by atoms with Crippen LogP contribution in [0.3, 0.4) is 0 Å². The first-order chi connectivity index (χ1) is 14.4. The minimum Gasteiger partial charge on any atom is -0.497 e. The van der Waals surface area contributed by atoms with Crippen molar-refractivity contribution in [3.05, 3.63) is 34.3 Å². The maximum absolute atomic E-state index is 6.29. The van der Waals surface area contributed by atoms with Crippen molar-refractivity contribution < 1.29 is 4.74 Å². The molecule has 0 spiro atoms. The Morgan fingerprint density at radius 2 is 1.80 bits per heavy atom. The molecule has 0 aliphatic carbocycles. The molecule has 0 radical (unpaired) electrons. The van der Waals surface area contributed by atoms with E-state index in [-0.39, 0.29) is 0 Å². The molecule has 3 aromatic rings. The van der Waals surface area contributed by atoms with Gasteiger partial charge < -0.3 is 19.9 Å². The number of nitrogens with two attached hydrogens (primary N) is 1. The zero-order valence-corrected chi connectivity index (χ0v) is 20.3. The van der Waals surface area contributed by atoms with E-state index in [2.05, 4.69) is 59.8 Å². The molecule has 0 bridgehead atoms. The minimum absolute atomic E-state index is 0.534. The highest BCUT2D eigenvalue weighted by Crippen LogP contribution is 2.41. The third-order valence-electron chi connectivity index (χ3n) is 5.71. The molecule has 0 aliphatic rings. The molecule has 5 nitrogen and oxygen atoms in total. The molecule has 0 amide bonds. The van der Waals surface area contributed by atoms with Gasteiger partial charge in [-0.25, -0.2) is 4.98 Å². The number of rotatable bonds is 9. The second kappa shape index (κ2) is 9.73. The summed E-state index contributed by atoms with van der Waals surface area (Å²) in [7, 11) is 3.69. The molecule has 162 valence electrons. The molecule has 0 unspecified atom stereocenters. The second-order valence-corrected chi connectivity index (χ2v) is 8.71. The van der Waals surface area contributed by atoms with Crippen molar-refractivity contribution in [2.75, 3.05) is 30.8 Å². The standard InChI is InChI=1S/C24H33BrN4O/c1-6-8-12-29(13-9-7-2)20-11-10-18(22-23(20)28(4)24(26)27-22)21-16(3)14-17(30-5)15-19(21)25/h10-11,14-15H,6-9,12-13H2,1-5H3,(H2,26,27). The molecule has 2 aromatic carbocycles. The second-order valence-electron chi connectivity index (χ2n) is 7.85. The van der Waals surface area contributed by atoms with Crippen LogP contribution in [0.1, 0.15) is 45.1 Å². The molecular weight excluding hydrogens is 440 g/mol. The molecule has 0 atom stereocenters. The number of fused-ring (bicyclic) bond motifs is 1. The third-order valence-corrected chi connectivity index (χ3v) is 6.33. The van der Waals surface area contributed by atoms with Crippen LogP contribution in [0.2, 0.25) is 0 Å². The number of hydrogen-bond donors (Lipinski definition) is 1. The van der Waals surface area contributed by atoms with Gasteiger partial charge in [-0.05, 0) is 49.6 Å². The average Bonchev–Trinajstić information content (AvgIpc) is 3.03. The summed E-state index contributed by atoms with van der Waals surface area (Å²) in [5, 5.41) is 0. The fourth-order valence-corrected chi connectivity index (χ4v) is 4.75. The van der Waals surface area contributed by atoms with Crippen molar-refractivity contribution in [3.63, 3.8) is 0 Å². The van der Waals surface area contributed by atoms with Gasteiger partial charge in [0.2, 0.25) is 5.95 Å². The largest absolute Gasteiger partial charge is 0.497 e. The highest BCUT2D eigenvalue weighted by Gasteiger charge is 2.21. The quantitative estimate of drug-likeness (QED) is 0.396. The molecule has 30 heavy (non-hydrogen) atoms. The number of nitrogens with zero attached hydrogens (tertiary/aromatic N) is 3. The van der Waals surface area contributed by atoms with E-state index in [0.29, 0.717) is 5.95 Å². The summed E-state index contributed by atoms with van der Waals surface area (Å²) in [4.78, 5) is 7.28. The number of ether oxygens (including phenoxy) is 1. The first-order valence-corrected chi connectivity index (χ1v) is 11.6. The zero-order valence-electron chi connectivity index (χ0n) is 18.8. The van der Waals surface area contributed by atoms with Gasteiger partial charge in [-0.2, -0.15) is 0 Å². The van der Waals surface area contributed by atoms with Crippen LogP contribution in [0.25, 0.3) is 22.2 Å². The van der Waals surface area contributed by atoms with Crippen molar-refractivity contribution in [2.24, 2.45) is 7.05 Å². The Kier molecular flexibility index (Phi) is 7.29. The van der Waals surface area contributed by atoms with E-state index >= 15 is 0 Å². The highest BCUT2D eigenvalue weighted by atomic mass is 79.9. The van der Waals surface area contributed by atoms with E-state index in [1.807, 2.05) is 17.7 Å². The van der Waals surface area contributed by atoms with Crippen LogP contribution in [0, 0.1) is 6.92 Å². The fourth-order valence-electron chi connectivity index (χ4n) is 4.00. The third kappa shape index (κ3) is 4.29. The predicted molar refractivity (Wildman–Crippen MR) is 132 cm³/mol. The summed E-state index contributed by atoms with van der Waals surface area (Å²) in [6, 6.07) is 8.49. The van der Waals surface area contributed by atoms with E-state index in [1.54, 1.807) is 7.11 Å². The molecule has 0 saturated carbocycles. The zero-order chi connectivity index (χ0) is 21.8. The molecule has 6 heteroatoms. The number of methoxy groups -OCH3 is 1. The SMILES string of the molecule is CCCCN(CCCC)c1ccc(-c2c(C)cc(OC)cc2Br)c2nc(N)n(C)c12. The van der Waals surface area contributed by atoms with Gasteiger partial charge in [0.05, 0.1) is 18.3 Å². The fraction of sp³-hybridized carbons (Fsp3) is 0.458. The first kappa shape index (κ1) is 22.5. The van der Waals surface area contributed by atoms with Gasteiger partial charge in [0.25, 0.3) is 0 Å². The van der Waals surface area contributed by atoms with Gasteiger partial charge in [0.1, 0.15) is 11.3 Å². The lowest BCUT2D eigenvalue weighted by Gasteiger charge is -2.26. The molecular formula is C24H33BrN4O. The number of unbranched alkanes of at least 4 members (excludes halogenated alkanes) is 2. The number of benzene rings is 2. The van der Waals surface area contributed by atoms with Crippen molar-refractivity contribution in [1.82, 2.24) is 9.55 Å². The van der Waals surface area contributed by atoms with E-state index in [4.69, 9.17) is 15.5 Å². The Morgan fingerprint density at radius 3 is 2.37 bits per heavy atom. The van der Waals surface area contributed by atoms with Crippen LogP contribution in [0.5, 0.6) is 5.75 Å². The lowest BCUT2D eigenvalue weighted by molar-refractivity contribution is 0.414. The minimum atomic E-state index is 0.534. The van der Waals surface area contributed by atoms with E-state index < -0.39 is 0 Å². The van der Waals surface area contributed by atoms with Gasteiger partial charge >= 0.3 is 0 Å². The van der Waals surface area contributed by atoms with Crippen molar-refractivity contribution in [1.29, 1.82) is 0 Å². The van der Waals surface area contributed by atoms with Crippen molar-refractivity contribution in [3.8, 4) is 16.9 Å². The maximum atomic E-state index is 6.29. The summed E-state index contributed by atoms with van der Waals surface area (Å²) in [5.41, 5.74) is 12.9. The highest BCUT2D eigenvalue weighted by molar-refractivity contribution is 9.10. The first-order valence-electron chi connectivity index (χ1n) is 10.8. The number of hydrogen-bond acceptors (Lipinski definition) is 4. The van der Waals surface area contributed by atoms with E-state index in [9.17, 15) is 0 Å². The number of aryl methyl sites for hydroxylation is 2. The lowest BCUT2D eigenvalue weighted by atomic mass is 9.98. The summed E-state index contributed by atoms with van der Waals surface area (Å²) in [6.45, 7) is 8.66. The molecule has 0 saturated heterocycles. The molecule has 1 aromatic heterocycles. The van der Waals surface area contributed by atoms with Crippen LogP contribution in [0.15, 0.2) is 28.7 Å². The Labute approximate surface area is 188 Å². The van der Waals surface area contributed by atoms with Crippen molar-refractivity contribution in [2.45, 2.75) is 46.5 Å². The topological polar surface area (TPSA) is 56.3 Å². The van der Waals surface area contributed by atoms with Gasteiger partial charge in [0.15, 0.2) is 0 Å². The molecule has 1 heterocycles. The summed E-state index contributed by atoms with van der Waals surface area (Å²) in [6.07, 6.45) is 4.69. The molecule has 2 N–H and O–H groups in total. The van der Waals surface area contributed by atoms with Crippen LogP contribution >= 0.6 is 15.9 Å². The van der Waals surface area contributed by atoms with Gasteiger partial charge in [0, 0.05) is 35.7 Å².